The number of benzene rings is 1. The second-order valence-electron chi connectivity index (χ2n) is 7.81. The number of carbonyl (C=O) groups excluding carboxylic acids is 2. The molecule has 1 aromatic carbocycles. The first-order valence-corrected chi connectivity index (χ1v) is 9.69. The average Bonchev–Trinajstić information content (AvgIpc) is 2.63. The summed E-state index contributed by atoms with van der Waals surface area (Å²) >= 11 is 0. The molecule has 3 N–H and O–H groups in total. The van der Waals surface area contributed by atoms with Crippen molar-refractivity contribution >= 4 is 23.6 Å². The number of piperidine rings is 1. The highest BCUT2D eigenvalue weighted by Crippen LogP contribution is 2.44. The van der Waals surface area contributed by atoms with Crippen LogP contribution in [0.1, 0.15) is 38.5 Å². The molecule has 8 heteroatoms. The number of halogens is 1. The van der Waals surface area contributed by atoms with Crippen LogP contribution in [0, 0.1) is 17.2 Å². The molecular formula is C20H26FN3O4. The van der Waals surface area contributed by atoms with Gasteiger partial charge in [-0.2, -0.15) is 0 Å². The molecule has 0 aromatic heterocycles. The van der Waals surface area contributed by atoms with Crippen molar-refractivity contribution < 1.29 is 23.9 Å². The van der Waals surface area contributed by atoms with Gasteiger partial charge in [-0.15, -0.1) is 0 Å². The summed E-state index contributed by atoms with van der Waals surface area (Å²) in [5.41, 5.74) is -0.509. The van der Waals surface area contributed by atoms with E-state index < -0.39 is 23.2 Å². The number of hydrogen-bond donors (Lipinski definition) is 3. The number of nitrogens with one attached hydrogen (secondary N) is 2. The topological polar surface area (TPSA) is 98.7 Å². The summed E-state index contributed by atoms with van der Waals surface area (Å²) in [5.74, 6) is -1.31. The van der Waals surface area contributed by atoms with Crippen LogP contribution in [0.25, 0.3) is 0 Å². The Morgan fingerprint density at radius 3 is 2.68 bits per heavy atom. The van der Waals surface area contributed by atoms with Crippen molar-refractivity contribution in [3.8, 4) is 0 Å². The highest BCUT2D eigenvalue weighted by Gasteiger charge is 2.46. The summed E-state index contributed by atoms with van der Waals surface area (Å²) in [5, 5.41) is 14.8. The highest BCUT2D eigenvalue weighted by molar-refractivity contribution is 5.89. The third kappa shape index (κ3) is 4.79. The van der Waals surface area contributed by atoms with Crippen LogP contribution in [0.5, 0.6) is 0 Å². The summed E-state index contributed by atoms with van der Waals surface area (Å²) in [4.78, 5) is 37.8. The van der Waals surface area contributed by atoms with Crippen LogP contribution in [-0.2, 0) is 9.59 Å². The maximum atomic E-state index is 13.2. The predicted octanol–water partition coefficient (Wildman–Crippen LogP) is 2.83. The molecule has 3 amide bonds. The van der Waals surface area contributed by atoms with E-state index in [4.69, 9.17) is 0 Å². The highest BCUT2D eigenvalue weighted by atomic mass is 19.1. The van der Waals surface area contributed by atoms with Gasteiger partial charge in [0.2, 0.25) is 5.91 Å². The Morgan fingerprint density at radius 1 is 1.25 bits per heavy atom. The largest absolute Gasteiger partial charge is 0.481 e. The van der Waals surface area contributed by atoms with Crippen LogP contribution in [-0.4, -0.2) is 47.5 Å². The fourth-order valence-corrected chi connectivity index (χ4v) is 3.91. The van der Waals surface area contributed by atoms with Crippen LogP contribution in [0.15, 0.2) is 24.3 Å². The Kier molecular flexibility index (Phi) is 6.16. The molecule has 1 atom stereocenters. The van der Waals surface area contributed by atoms with E-state index in [0.717, 1.165) is 19.3 Å². The molecule has 7 nitrogen and oxygen atoms in total. The predicted molar refractivity (Wildman–Crippen MR) is 101 cm³/mol. The molecule has 2 fully saturated rings. The average molecular weight is 391 g/mol. The second kappa shape index (κ2) is 8.58. The summed E-state index contributed by atoms with van der Waals surface area (Å²) in [7, 11) is 0. The minimum Gasteiger partial charge on any atom is -0.481 e. The molecule has 3 rings (SSSR count). The molecule has 0 spiro atoms. The lowest BCUT2D eigenvalue weighted by molar-refractivity contribution is -0.160. The van der Waals surface area contributed by atoms with Crippen molar-refractivity contribution in [3.63, 3.8) is 0 Å². The van der Waals surface area contributed by atoms with Crippen LogP contribution in [0.3, 0.4) is 0 Å². The minimum atomic E-state index is -0.882. The molecule has 1 saturated heterocycles. The normalized spacial score (nSPS) is 20.8. The van der Waals surface area contributed by atoms with Crippen molar-refractivity contribution in [2.45, 2.75) is 38.5 Å². The van der Waals surface area contributed by atoms with E-state index in [1.54, 1.807) is 11.0 Å². The Hall–Kier alpha value is -2.64. The lowest BCUT2D eigenvalue weighted by Crippen LogP contribution is -2.48. The van der Waals surface area contributed by atoms with E-state index in [9.17, 15) is 23.9 Å². The molecule has 28 heavy (non-hydrogen) atoms. The molecule has 1 saturated carbocycles. The van der Waals surface area contributed by atoms with Crippen LogP contribution in [0.4, 0.5) is 14.9 Å². The molecule has 152 valence electrons. The van der Waals surface area contributed by atoms with E-state index in [1.807, 2.05) is 0 Å². The molecule has 1 aliphatic carbocycles. The number of likely N-dealkylation sites (tertiary alicyclic amines) is 1. The molecule has 1 heterocycles. The van der Waals surface area contributed by atoms with Gasteiger partial charge in [0.15, 0.2) is 0 Å². The Bertz CT molecular complexity index is 751. The second-order valence-corrected chi connectivity index (χ2v) is 7.81. The maximum Gasteiger partial charge on any atom is 0.319 e. The van der Waals surface area contributed by atoms with Gasteiger partial charge in [0.25, 0.3) is 0 Å². The van der Waals surface area contributed by atoms with Crippen LogP contribution >= 0.6 is 0 Å². The van der Waals surface area contributed by atoms with E-state index in [-0.39, 0.29) is 18.2 Å². The van der Waals surface area contributed by atoms with Gasteiger partial charge < -0.3 is 20.6 Å². The zero-order valence-corrected chi connectivity index (χ0v) is 15.7. The van der Waals surface area contributed by atoms with Crippen LogP contribution in [0.2, 0.25) is 0 Å². The van der Waals surface area contributed by atoms with Gasteiger partial charge in [0, 0.05) is 31.7 Å². The first-order chi connectivity index (χ1) is 13.4. The summed E-state index contributed by atoms with van der Waals surface area (Å²) in [6.07, 6.45) is 3.74. The SMILES string of the molecule is O=C(NCC1CCCN(C(=O)CC2(C(=O)O)CCC2)C1)Nc1cccc(F)c1. The van der Waals surface area contributed by atoms with E-state index in [0.29, 0.717) is 38.2 Å². The van der Waals surface area contributed by atoms with E-state index in [2.05, 4.69) is 10.6 Å². The third-order valence-electron chi connectivity index (χ3n) is 5.76. The molecular weight excluding hydrogens is 365 g/mol. The van der Waals surface area contributed by atoms with Crippen molar-refractivity contribution in [3.05, 3.63) is 30.1 Å². The standard InChI is InChI=1S/C20H26FN3O4/c21-15-5-1-6-16(10-15)23-19(28)22-12-14-4-2-9-24(13-14)17(25)11-20(18(26)27)7-3-8-20/h1,5-6,10,14H,2-4,7-9,11-13H2,(H,26,27)(H2,22,23,28). The fraction of sp³-hybridized carbons (Fsp3) is 0.550. The zero-order valence-electron chi connectivity index (χ0n) is 15.7. The number of amides is 3. The third-order valence-corrected chi connectivity index (χ3v) is 5.76. The number of nitrogens with zero attached hydrogens (tertiary/aromatic N) is 1. The zero-order chi connectivity index (χ0) is 20.1. The number of carbonyl (C=O) groups is 3. The van der Waals surface area contributed by atoms with Gasteiger partial charge >= 0.3 is 12.0 Å². The monoisotopic (exact) mass is 391 g/mol. The molecule has 2 aliphatic rings. The fourth-order valence-electron chi connectivity index (χ4n) is 3.91. The first-order valence-electron chi connectivity index (χ1n) is 9.69. The van der Waals surface area contributed by atoms with Crippen molar-refractivity contribution in [2.75, 3.05) is 25.0 Å². The number of aliphatic carboxylic acids is 1. The number of hydrogen-bond acceptors (Lipinski definition) is 3. The van der Waals surface area contributed by atoms with E-state index in [1.165, 1.54) is 18.2 Å². The number of carboxylic acids is 1. The Balaban J connectivity index is 1.46. The minimum absolute atomic E-state index is 0.0581. The van der Waals surface area contributed by atoms with Gasteiger partial charge in [-0.1, -0.05) is 12.5 Å². The Labute approximate surface area is 163 Å². The Morgan fingerprint density at radius 2 is 2.04 bits per heavy atom. The molecule has 0 radical (unpaired) electrons. The van der Waals surface area contributed by atoms with Crippen molar-refractivity contribution in [1.29, 1.82) is 0 Å². The van der Waals surface area contributed by atoms with Gasteiger partial charge in [-0.25, -0.2) is 9.18 Å². The number of anilines is 1. The maximum absolute atomic E-state index is 13.2. The van der Waals surface area contributed by atoms with Gasteiger partial charge in [-0.3, -0.25) is 9.59 Å². The number of urea groups is 1. The summed E-state index contributed by atoms with van der Waals surface area (Å²) < 4.78 is 13.2. The molecule has 1 aromatic rings. The molecule has 1 unspecified atom stereocenters. The van der Waals surface area contributed by atoms with Gasteiger partial charge in [0.1, 0.15) is 5.82 Å². The van der Waals surface area contributed by atoms with Crippen molar-refractivity contribution in [1.82, 2.24) is 10.2 Å². The summed E-state index contributed by atoms with van der Waals surface area (Å²) in [6.45, 7) is 1.53. The quantitative estimate of drug-likeness (QED) is 0.694. The van der Waals surface area contributed by atoms with Gasteiger partial charge in [0.05, 0.1) is 5.41 Å². The lowest BCUT2D eigenvalue weighted by Gasteiger charge is -2.40. The number of carboxylic acid groups (broad SMARTS) is 1. The van der Waals surface area contributed by atoms with Gasteiger partial charge in [-0.05, 0) is 49.8 Å². The molecule has 0 bridgehead atoms. The van der Waals surface area contributed by atoms with E-state index >= 15 is 0 Å². The summed E-state index contributed by atoms with van der Waals surface area (Å²) in [6, 6.07) is 5.23. The number of rotatable bonds is 6. The lowest BCUT2D eigenvalue weighted by atomic mass is 9.66. The smallest absolute Gasteiger partial charge is 0.319 e. The van der Waals surface area contributed by atoms with Crippen molar-refractivity contribution in [2.24, 2.45) is 11.3 Å². The first kappa shape index (κ1) is 20.1. The van der Waals surface area contributed by atoms with Crippen LogP contribution < -0.4 is 10.6 Å². The molecule has 1 aliphatic heterocycles.